The first-order valence-electron chi connectivity index (χ1n) is 8.90. The molecule has 2 rings (SSSR count). The summed E-state index contributed by atoms with van der Waals surface area (Å²) >= 11 is 0. The number of ether oxygens (including phenoxy) is 1. The molecule has 1 aromatic heterocycles. The Morgan fingerprint density at radius 3 is 2.57 bits per heavy atom. The number of methoxy groups -OCH3 is 1. The molecule has 2 aromatic rings. The average Bonchev–Trinajstić information content (AvgIpc) is 3.20. The Hall–Kier alpha value is -3.35. The van der Waals surface area contributed by atoms with E-state index in [2.05, 4.69) is 10.6 Å². The molecule has 148 valence electrons. The summed E-state index contributed by atoms with van der Waals surface area (Å²) in [6.45, 7) is 2.13. The maximum absolute atomic E-state index is 12.2. The molecule has 0 radical (unpaired) electrons. The molecule has 1 unspecified atom stereocenters. The van der Waals surface area contributed by atoms with Crippen LogP contribution >= 0.6 is 0 Å². The van der Waals surface area contributed by atoms with Gasteiger partial charge < -0.3 is 19.8 Å². The van der Waals surface area contributed by atoms with Crippen LogP contribution in [0.1, 0.15) is 35.8 Å². The lowest BCUT2D eigenvalue weighted by atomic mass is 10.0. The molecule has 28 heavy (non-hydrogen) atoms. The fraction of sp³-hybridized carbons (Fsp3) is 0.286. The van der Waals surface area contributed by atoms with Crippen molar-refractivity contribution in [2.45, 2.75) is 25.8 Å². The Morgan fingerprint density at radius 2 is 1.93 bits per heavy atom. The van der Waals surface area contributed by atoms with E-state index in [9.17, 15) is 14.4 Å². The van der Waals surface area contributed by atoms with Crippen molar-refractivity contribution in [3.8, 4) is 0 Å². The van der Waals surface area contributed by atoms with Crippen molar-refractivity contribution in [3.05, 3.63) is 65.6 Å². The smallest absolute Gasteiger partial charge is 0.307 e. The molecule has 0 saturated heterocycles. The number of benzene rings is 1. The highest BCUT2D eigenvalue weighted by Gasteiger charge is 2.18. The Kier molecular flexibility index (Phi) is 8.02. The number of esters is 1. The van der Waals surface area contributed by atoms with Crippen LogP contribution in [-0.2, 0) is 19.1 Å². The highest BCUT2D eigenvalue weighted by Crippen LogP contribution is 2.18. The maximum atomic E-state index is 12.2. The van der Waals surface area contributed by atoms with E-state index in [1.54, 1.807) is 18.2 Å². The molecule has 1 atom stereocenters. The minimum atomic E-state index is -0.491. The topological polar surface area (TPSA) is 97.6 Å². The summed E-state index contributed by atoms with van der Waals surface area (Å²) in [5.74, 6) is -0.447. The van der Waals surface area contributed by atoms with E-state index in [0.717, 1.165) is 11.1 Å². The molecular weight excluding hydrogens is 360 g/mol. The summed E-state index contributed by atoms with van der Waals surface area (Å²) < 4.78 is 9.81. The minimum Gasteiger partial charge on any atom is -0.469 e. The fourth-order valence-electron chi connectivity index (χ4n) is 2.47. The number of carbonyl (C=O) groups excluding carboxylic acids is 3. The number of nitrogens with one attached hydrogen (secondary N) is 2. The Labute approximate surface area is 163 Å². The molecule has 0 aliphatic carbocycles. The number of carbonyl (C=O) groups is 3. The quantitative estimate of drug-likeness (QED) is 0.511. The molecular formula is C21H24N2O5. The average molecular weight is 384 g/mol. The van der Waals surface area contributed by atoms with Gasteiger partial charge in [-0.2, -0.15) is 0 Å². The summed E-state index contributed by atoms with van der Waals surface area (Å²) in [7, 11) is 1.31. The van der Waals surface area contributed by atoms with Gasteiger partial charge in [0.05, 0.1) is 25.8 Å². The van der Waals surface area contributed by atoms with Crippen molar-refractivity contribution in [2.24, 2.45) is 0 Å². The zero-order chi connectivity index (χ0) is 20.4. The van der Waals surface area contributed by atoms with E-state index in [0.29, 0.717) is 5.76 Å². The van der Waals surface area contributed by atoms with Gasteiger partial charge in [-0.1, -0.05) is 29.8 Å². The summed E-state index contributed by atoms with van der Waals surface area (Å²) in [6, 6.07) is 10.5. The van der Waals surface area contributed by atoms with Crippen molar-refractivity contribution in [1.29, 1.82) is 0 Å². The second kappa shape index (κ2) is 10.7. The minimum absolute atomic E-state index is 0.0313. The first kappa shape index (κ1) is 21.0. The van der Waals surface area contributed by atoms with Gasteiger partial charge in [0.15, 0.2) is 0 Å². The second-order valence-electron chi connectivity index (χ2n) is 6.20. The molecule has 7 nitrogen and oxygen atoms in total. The lowest BCUT2D eigenvalue weighted by Gasteiger charge is -2.18. The highest BCUT2D eigenvalue weighted by molar-refractivity contribution is 5.91. The van der Waals surface area contributed by atoms with Gasteiger partial charge in [-0.3, -0.25) is 14.4 Å². The Bertz CT molecular complexity index is 810. The predicted molar refractivity (Wildman–Crippen MR) is 104 cm³/mol. The third-order valence-electron chi connectivity index (χ3n) is 4.01. The van der Waals surface area contributed by atoms with Crippen LogP contribution in [0, 0.1) is 6.92 Å². The molecule has 0 spiro atoms. The standard InChI is InChI=1S/C21H24N2O5/c1-15-5-7-16(8-6-15)18(14-21(26)27-2)23-20(25)11-12-22-19(24)10-9-17-4-3-13-28-17/h3-10,13,18H,11-12,14H2,1-2H3,(H,22,24)(H,23,25)/b10-9+. The van der Waals surface area contributed by atoms with Crippen LogP contribution in [0.3, 0.4) is 0 Å². The van der Waals surface area contributed by atoms with Crippen LogP contribution in [0.25, 0.3) is 6.08 Å². The predicted octanol–water partition coefficient (Wildman–Crippen LogP) is 2.53. The van der Waals surface area contributed by atoms with Gasteiger partial charge in [-0.05, 0) is 30.7 Å². The van der Waals surface area contributed by atoms with Gasteiger partial charge in [-0.15, -0.1) is 0 Å². The molecule has 1 heterocycles. The van der Waals surface area contributed by atoms with E-state index in [1.807, 2.05) is 31.2 Å². The molecule has 0 bridgehead atoms. The van der Waals surface area contributed by atoms with Gasteiger partial charge in [-0.25, -0.2) is 0 Å². The van der Waals surface area contributed by atoms with E-state index in [4.69, 9.17) is 9.15 Å². The van der Waals surface area contributed by atoms with Crippen LogP contribution < -0.4 is 10.6 Å². The van der Waals surface area contributed by atoms with E-state index in [-0.39, 0.29) is 31.2 Å². The molecule has 0 fully saturated rings. The van der Waals surface area contributed by atoms with Gasteiger partial charge in [0.2, 0.25) is 11.8 Å². The second-order valence-corrected chi connectivity index (χ2v) is 6.20. The van der Waals surface area contributed by atoms with Gasteiger partial charge in [0.1, 0.15) is 5.76 Å². The number of hydrogen-bond acceptors (Lipinski definition) is 5. The number of hydrogen-bond donors (Lipinski definition) is 2. The van der Waals surface area contributed by atoms with Crippen molar-refractivity contribution in [1.82, 2.24) is 10.6 Å². The summed E-state index contributed by atoms with van der Waals surface area (Å²) in [5.41, 5.74) is 1.90. The van der Waals surface area contributed by atoms with Crippen LogP contribution in [0.15, 0.2) is 53.2 Å². The summed E-state index contributed by atoms with van der Waals surface area (Å²) in [4.78, 5) is 35.7. The Morgan fingerprint density at radius 1 is 1.18 bits per heavy atom. The third kappa shape index (κ3) is 7.11. The molecule has 2 N–H and O–H groups in total. The first-order valence-corrected chi connectivity index (χ1v) is 8.90. The SMILES string of the molecule is COC(=O)CC(NC(=O)CCNC(=O)/C=C/c1ccco1)c1ccc(C)cc1. The van der Waals surface area contributed by atoms with Crippen molar-refractivity contribution < 1.29 is 23.5 Å². The van der Waals surface area contributed by atoms with Gasteiger partial charge >= 0.3 is 5.97 Å². The molecule has 2 amide bonds. The van der Waals surface area contributed by atoms with E-state index in [1.165, 1.54) is 19.4 Å². The van der Waals surface area contributed by atoms with Crippen LogP contribution in [0.4, 0.5) is 0 Å². The highest BCUT2D eigenvalue weighted by atomic mass is 16.5. The largest absolute Gasteiger partial charge is 0.469 e. The number of aryl methyl sites for hydroxylation is 1. The zero-order valence-corrected chi connectivity index (χ0v) is 15.9. The summed E-state index contributed by atoms with van der Waals surface area (Å²) in [5, 5.41) is 5.45. The number of amides is 2. The van der Waals surface area contributed by atoms with E-state index >= 15 is 0 Å². The fourth-order valence-corrected chi connectivity index (χ4v) is 2.47. The third-order valence-corrected chi connectivity index (χ3v) is 4.01. The molecule has 0 saturated carbocycles. The van der Waals surface area contributed by atoms with Crippen LogP contribution in [0.5, 0.6) is 0 Å². The number of furan rings is 1. The van der Waals surface area contributed by atoms with Gasteiger partial charge in [0, 0.05) is 19.0 Å². The number of rotatable bonds is 9. The molecule has 1 aromatic carbocycles. The zero-order valence-electron chi connectivity index (χ0n) is 15.9. The lowest BCUT2D eigenvalue weighted by Crippen LogP contribution is -2.33. The Balaban J connectivity index is 1.84. The maximum Gasteiger partial charge on any atom is 0.307 e. The van der Waals surface area contributed by atoms with Crippen LogP contribution in [0.2, 0.25) is 0 Å². The van der Waals surface area contributed by atoms with Crippen molar-refractivity contribution >= 4 is 23.9 Å². The first-order chi connectivity index (χ1) is 13.5. The van der Waals surface area contributed by atoms with Crippen molar-refractivity contribution in [3.63, 3.8) is 0 Å². The van der Waals surface area contributed by atoms with E-state index < -0.39 is 12.0 Å². The van der Waals surface area contributed by atoms with Crippen molar-refractivity contribution in [2.75, 3.05) is 13.7 Å². The van der Waals surface area contributed by atoms with Crippen LogP contribution in [-0.4, -0.2) is 31.4 Å². The molecule has 7 heteroatoms. The summed E-state index contributed by atoms with van der Waals surface area (Å²) in [6.07, 6.45) is 4.51. The molecule has 0 aliphatic heterocycles. The monoisotopic (exact) mass is 384 g/mol. The normalized spacial score (nSPS) is 11.8. The van der Waals surface area contributed by atoms with Gasteiger partial charge in [0.25, 0.3) is 0 Å². The lowest BCUT2D eigenvalue weighted by molar-refractivity contribution is -0.141. The molecule has 0 aliphatic rings.